The molecule has 132 valence electrons. The van der Waals surface area contributed by atoms with Gasteiger partial charge in [0, 0.05) is 5.69 Å². The number of aromatic carboxylic acids is 1. The Morgan fingerprint density at radius 1 is 0.889 bits per heavy atom. The van der Waals surface area contributed by atoms with Crippen LogP contribution in [0, 0.1) is 0 Å². The summed E-state index contributed by atoms with van der Waals surface area (Å²) < 4.78 is 0. The van der Waals surface area contributed by atoms with Gasteiger partial charge in [-0.2, -0.15) is 0 Å². The largest absolute Gasteiger partial charge is 0.478 e. The van der Waals surface area contributed by atoms with E-state index in [1.54, 1.807) is 12.1 Å². The second-order valence-corrected chi connectivity index (χ2v) is 6.23. The highest BCUT2D eigenvalue weighted by molar-refractivity contribution is 6.24. The Kier molecular flexibility index (Phi) is 4.26. The molecular formula is C22H16N2O3. The van der Waals surface area contributed by atoms with Gasteiger partial charge in [-0.3, -0.25) is 9.79 Å². The highest BCUT2D eigenvalue weighted by Gasteiger charge is 2.35. The van der Waals surface area contributed by atoms with Gasteiger partial charge in [0.05, 0.1) is 17.0 Å². The van der Waals surface area contributed by atoms with E-state index in [0.29, 0.717) is 11.4 Å². The number of anilines is 1. The number of fused-ring (bicyclic) bond motifs is 1. The molecule has 0 aliphatic carbocycles. The molecule has 3 aromatic carbocycles. The van der Waals surface area contributed by atoms with E-state index in [1.165, 1.54) is 12.1 Å². The van der Waals surface area contributed by atoms with Gasteiger partial charge in [-0.25, -0.2) is 4.79 Å². The van der Waals surface area contributed by atoms with E-state index in [9.17, 15) is 14.7 Å². The fraction of sp³-hybridized carbons (Fsp3) is 0.0455. The van der Waals surface area contributed by atoms with Gasteiger partial charge in [-0.1, -0.05) is 54.6 Å². The topological polar surface area (TPSA) is 78.8 Å². The van der Waals surface area contributed by atoms with Crippen LogP contribution in [0.2, 0.25) is 0 Å². The van der Waals surface area contributed by atoms with Crippen LogP contribution in [0.5, 0.6) is 0 Å². The third-order valence-electron chi connectivity index (χ3n) is 4.48. The first kappa shape index (κ1) is 16.7. The lowest BCUT2D eigenvalue weighted by Gasteiger charge is -2.14. The number of hydrogen-bond acceptors (Lipinski definition) is 3. The summed E-state index contributed by atoms with van der Waals surface area (Å²) >= 11 is 0. The van der Waals surface area contributed by atoms with Crippen molar-refractivity contribution in [1.82, 2.24) is 0 Å². The molecule has 0 aromatic heterocycles. The number of carbonyl (C=O) groups excluding carboxylic acids is 1. The Hall–Kier alpha value is -3.73. The first-order valence-corrected chi connectivity index (χ1v) is 8.50. The molecule has 3 aromatic rings. The quantitative estimate of drug-likeness (QED) is 0.686. The average molecular weight is 356 g/mol. The van der Waals surface area contributed by atoms with Crippen LogP contribution in [0.15, 0.2) is 83.9 Å². The van der Waals surface area contributed by atoms with E-state index in [4.69, 9.17) is 4.99 Å². The van der Waals surface area contributed by atoms with Crippen LogP contribution < -0.4 is 5.32 Å². The van der Waals surface area contributed by atoms with E-state index < -0.39 is 11.9 Å². The second kappa shape index (κ2) is 6.88. The zero-order valence-corrected chi connectivity index (χ0v) is 14.3. The number of para-hydroxylation sites is 1. The monoisotopic (exact) mass is 356 g/mol. The lowest BCUT2D eigenvalue weighted by Crippen LogP contribution is -2.22. The van der Waals surface area contributed by atoms with Crippen LogP contribution in [0.25, 0.3) is 0 Å². The first-order valence-electron chi connectivity index (χ1n) is 8.50. The number of carboxylic acid groups (broad SMARTS) is 1. The maximum atomic E-state index is 12.7. The number of carboxylic acids is 1. The average Bonchev–Trinajstić information content (AvgIpc) is 3.02. The number of amides is 1. The Balaban J connectivity index is 1.88. The summed E-state index contributed by atoms with van der Waals surface area (Å²) in [5.41, 5.74) is 3.68. The molecule has 0 spiro atoms. The summed E-state index contributed by atoms with van der Waals surface area (Å²) in [6.07, 6.45) is 0. The third kappa shape index (κ3) is 3.22. The van der Waals surface area contributed by atoms with Crippen LogP contribution in [-0.2, 0) is 4.79 Å². The zero-order valence-electron chi connectivity index (χ0n) is 14.3. The molecule has 1 amide bonds. The fourth-order valence-corrected chi connectivity index (χ4v) is 3.23. The summed E-state index contributed by atoms with van der Waals surface area (Å²) in [6, 6.07) is 23.4. The number of carbonyl (C=O) groups is 2. The Morgan fingerprint density at radius 3 is 2.37 bits per heavy atom. The molecule has 4 rings (SSSR count). The Labute approximate surface area is 156 Å². The molecule has 1 aliphatic heterocycles. The minimum atomic E-state index is -1.02. The van der Waals surface area contributed by atoms with Crippen molar-refractivity contribution < 1.29 is 14.7 Å². The predicted molar refractivity (Wildman–Crippen MR) is 104 cm³/mol. The van der Waals surface area contributed by atoms with Crippen molar-refractivity contribution in [2.45, 2.75) is 5.92 Å². The molecule has 0 bridgehead atoms. The molecule has 5 nitrogen and oxygen atoms in total. The van der Waals surface area contributed by atoms with Gasteiger partial charge >= 0.3 is 5.97 Å². The van der Waals surface area contributed by atoms with Gasteiger partial charge < -0.3 is 10.4 Å². The van der Waals surface area contributed by atoms with Crippen LogP contribution in [0.4, 0.5) is 11.4 Å². The number of hydrogen-bond donors (Lipinski definition) is 2. The summed E-state index contributed by atoms with van der Waals surface area (Å²) in [6.45, 7) is 0. The van der Waals surface area contributed by atoms with Crippen molar-refractivity contribution >= 4 is 29.0 Å². The molecule has 1 heterocycles. The molecule has 0 saturated carbocycles. The molecule has 0 radical (unpaired) electrons. The van der Waals surface area contributed by atoms with Crippen molar-refractivity contribution in [2.24, 2.45) is 4.99 Å². The predicted octanol–water partition coefficient (Wildman–Crippen LogP) is 4.24. The molecule has 2 N–H and O–H groups in total. The van der Waals surface area contributed by atoms with Crippen LogP contribution >= 0.6 is 0 Å². The van der Waals surface area contributed by atoms with Crippen molar-refractivity contribution in [3.8, 4) is 0 Å². The van der Waals surface area contributed by atoms with Gasteiger partial charge in [-0.15, -0.1) is 0 Å². The van der Waals surface area contributed by atoms with Crippen LogP contribution in [-0.4, -0.2) is 22.7 Å². The van der Waals surface area contributed by atoms with E-state index in [2.05, 4.69) is 5.32 Å². The lowest BCUT2D eigenvalue weighted by molar-refractivity contribution is -0.115. The number of rotatable bonds is 4. The van der Waals surface area contributed by atoms with Crippen molar-refractivity contribution in [1.29, 1.82) is 0 Å². The molecule has 0 saturated heterocycles. The van der Waals surface area contributed by atoms with Gasteiger partial charge in [0.2, 0.25) is 5.91 Å². The molecule has 1 unspecified atom stereocenters. The summed E-state index contributed by atoms with van der Waals surface area (Å²) in [4.78, 5) is 28.7. The number of nitrogens with zero attached hydrogens (tertiary/aromatic N) is 1. The van der Waals surface area contributed by atoms with Crippen molar-refractivity contribution in [2.75, 3.05) is 5.32 Å². The first-order chi connectivity index (χ1) is 13.1. The molecule has 1 aliphatic rings. The van der Waals surface area contributed by atoms with E-state index in [1.807, 2.05) is 54.6 Å². The molecule has 5 heteroatoms. The molecular weight excluding hydrogens is 340 g/mol. The van der Waals surface area contributed by atoms with E-state index in [-0.39, 0.29) is 11.5 Å². The minimum Gasteiger partial charge on any atom is -0.478 e. The van der Waals surface area contributed by atoms with Gasteiger partial charge in [0.15, 0.2) is 0 Å². The highest BCUT2D eigenvalue weighted by Crippen LogP contribution is 2.36. The molecule has 0 fully saturated rings. The van der Waals surface area contributed by atoms with Crippen molar-refractivity contribution in [3.63, 3.8) is 0 Å². The number of aliphatic imine (C=N–C) groups is 1. The number of nitrogens with one attached hydrogen (secondary N) is 1. The Morgan fingerprint density at radius 2 is 1.59 bits per heavy atom. The van der Waals surface area contributed by atoms with Crippen LogP contribution in [0.1, 0.15) is 27.4 Å². The molecule has 27 heavy (non-hydrogen) atoms. The fourth-order valence-electron chi connectivity index (χ4n) is 3.23. The van der Waals surface area contributed by atoms with Crippen LogP contribution in [0.3, 0.4) is 0 Å². The summed E-state index contributed by atoms with van der Waals surface area (Å²) in [5.74, 6) is -1.72. The summed E-state index contributed by atoms with van der Waals surface area (Å²) in [5, 5.41) is 12.1. The number of benzene rings is 3. The minimum absolute atomic E-state index is 0.145. The zero-order chi connectivity index (χ0) is 18.8. The van der Waals surface area contributed by atoms with E-state index >= 15 is 0 Å². The lowest BCUT2D eigenvalue weighted by atomic mass is 9.90. The molecule has 1 atom stereocenters. The normalized spacial score (nSPS) is 15.9. The maximum absolute atomic E-state index is 12.7. The second-order valence-electron chi connectivity index (χ2n) is 6.23. The standard InChI is InChI=1S/C22H16N2O3/c25-21-19(17-11-4-5-12-18(17)24-21)20(14-7-2-1-3-8-14)23-16-10-6-9-15(13-16)22(26)27/h1-13,19H,(H,24,25)(H,26,27). The van der Waals surface area contributed by atoms with E-state index in [0.717, 1.165) is 16.8 Å². The van der Waals surface area contributed by atoms with Gasteiger partial charge in [0.25, 0.3) is 0 Å². The van der Waals surface area contributed by atoms with Gasteiger partial charge in [0.1, 0.15) is 5.92 Å². The third-order valence-corrected chi connectivity index (χ3v) is 4.48. The highest BCUT2D eigenvalue weighted by atomic mass is 16.4. The van der Waals surface area contributed by atoms with Gasteiger partial charge in [-0.05, 0) is 35.4 Å². The smallest absolute Gasteiger partial charge is 0.335 e. The van der Waals surface area contributed by atoms with Crippen molar-refractivity contribution in [3.05, 3.63) is 95.6 Å². The SMILES string of the molecule is O=C(O)c1cccc(N=C(c2ccccc2)C2C(=O)Nc3ccccc32)c1. The maximum Gasteiger partial charge on any atom is 0.335 e. The summed E-state index contributed by atoms with van der Waals surface area (Å²) in [7, 11) is 0. The Bertz CT molecular complexity index is 1060.